The van der Waals surface area contributed by atoms with E-state index >= 15 is 0 Å². The third kappa shape index (κ3) is 7.57. The second-order valence-corrected chi connectivity index (χ2v) is 13.0. The smallest absolute Gasteiger partial charge is 0.355 e. The quantitative estimate of drug-likeness (QED) is 0.324. The van der Waals surface area contributed by atoms with Crippen LogP contribution in [0.1, 0.15) is 91.9 Å². The molecule has 5 heterocycles. The third-order valence-corrected chi connectivity index (χ3v) is 9.76. The molecule has 2 N–H and O–H groups in total. The number of hydrogen-bond acceptors (Lipinski definition) is 7. The Labute approximate surface area is 268 Å². The Morgan fingerprint density at radius 1 is 1.13 bits per heavy atom. The molecule has 3 aliphatic rings. The van der Waals surface area contributed by atoms with Crippen LogP contribution < -0.4 is 10.6 Å². The minimum Gasteiger partial charge on any atom is -0.355 e. The minimum absolute atomic E-state index is 0.0308. The summed E-state index contributed by atoms with van der Waals surface area (Å²) in [7, 11) is 0. The number of aryl methyl sites for hydroxylation is 1. The van der Waals surface area contributed by atoms with Crippen molar-refractivity contribution in [3.8, 4) is 0 Å². The summed E-state index contributed by atoms with van der Waals surface area (Å²) in [6.45, 7) is 3.93. The minimum atomic E-state index is -4.44. The highest BCUT2D eigenvalue weighted by Crippen LogP contribution is 2.41. The molecule has 2 amide bonds. The molecule has 16 heteroatoms. The van der Waals surface area contributed by atoms with Gasteiger partial charge in [-0.2, -0.15) is 23.4 Å². The van der Waals surface area contributed by atoms with Gasteiger partial charge in [-0.1, -0.05) is 6.42 Å². The second kappa shape index (κ2) is 13.4. The average Bonchev–Trinajstić information content (AvgIpc) is 3.68. The highest BCUT2D eigenvalue weighted by molar-refractivity contribution is 5.92. The summed E-state index contributed by atoms with van der Waals surface area (Å²) in [4.78, 5) is 37.9. The van der Waals surface area contributed by atoms with Gasteiger partial charge in [-0.05, 0) is 64.1 Å². The van der Waals surface area contributed by atoms with Gasteiger partial charge >= 0.3 is 6.18 Å². The first kappa shape index (κ1) is 33.2. The van der Waals surface area contributed by atoms with Crippen LogP contribution in [-0.4, -0.2) is 77.8 Å². The van der Waals surface area contributed by atoms with Crippen molar-refractivity contribution in [2.75, 3.05) is 19.6 Å². The summed E-state index contributed by atoms with van der Waals surface area (Å²) in [6, 6.07) is 0.856. The van der Waals surface area contributed by atoms with E-state index in [1.54, 1.807) is 12.3 Å². The lowest BCUT2D eigenvalue weighted by Gasteiger charge is -2.33. The lowest BCUT2D eigenvalue weighted by Crippen LogP contribution is -2.47. The van der Waals surface area contributed by atoms with Crippen molar-refractivity contribution < 1.29 is 31.5 Å². The Kier molecular flexibility index (Phi) is 9.50. The molecule has 3 atom stereocenters. The van der Waals surface area contributed by atoms with E-state index in [1.165, 1.54) is 15.4 Å². The predicted octanol–water partition coefficient (Wildman–Crippen LogP) is 4.48. The van der Waals surface area contributed by atoms with Gasteiger partial charge in [0.2, 0.25) is 11.8 Å². The third-order valence-electron chi connectivity index (χ3n) is 9.76. The van der Waals surface area contributed by atoms with Gasteiger partial charge in [0.15, 0.2) is 0 Å². The maximum Gasteiger partial charge on any atom is 0.393 e. The van der Waals surface area contributed by atoms with E-state index in [1.807, 2.05) is 6.92 Å². The Hall–Kier alpha value is -3.69. The number of rotatable bonds is 9. The van der Waals surface area contributed by atoms with Gasteiger partial charge in [0.1, 0.15) is 5.69 Å². The number of halogens is 5. The molecule has 11 nitrogen and oxygen atoms in total. The number of hydrogen-bond donors (Lipinski definition) is 2. The maximum atomic E-state index is 14.2. The van der Waals surface area contributed by atoms with E-state index in [4.69, 9.17) is 15.1 Å². The number of nitrogens with one attached hydrogen (secondary N) is 2. The number of alkyl halides is 5. The first-order valence-electron chi connectivity index (χ1n) is 16.4. The number of likely N-dealkylation sites (tertiary alicyclic amines) is 1. The predicted molar refractivity (Wildman–Crippen MR) is 159 cm³/mol. The molecule has 0 bridgehead atoms. The van der Waals surface area contributed by atoms with Crippen molar-refractivity contribution in [2.45, 2.75) is 95.9 Å². The molecule has 3 fully saturated rings. The summed E-state index contributed by atoms with van der Waals surface area (Å²) in [5.41, 5.74) is 1.65. The monoisotopic (exact) mass is 665 g/mol. The fourth-order valence-electron chi connectivity index (χ4n) is 7.05. The molecule has 3 aromatic heterocycles. The molecular formula is C31H40F5N9O2. The van der Waals surface area contributed by atoms with Crippen LogP contribution in [0, 0.1) is 17.8 Å². The number of piperidine rings is 2. The van der Waals surface area contributed by atoms with Gasteiger partial charge < -0.3 is 10.6 Å². The largest absolute Gasteiger partial charge is 0.393 e. The first-order valence-corrected chi connectivity index (χ1v) is 16.4. The number of amides is 2. The van der Waals surface area contributed by atoms with Crippen LogP contribution in [0.2, 0.25) is 0 Å². The average molecular weight is 666 g/mol. The topological polar surface area (TPSA) is 122 Å². The molecule has 3 aromatic rings. The number of fused-ring (bicyclic) bond motifs is 1. The molecule has 6 rings (SSSR count). The fourth-order valence-corrected chi connectivity index (χ4v) is 7.05. The van der Waals surface area contributed by atoms with E-state index < -0.39 is 48.3 Å². The Morgan fingerprint density at radius 2 is 1.87 bits per heavy atom. The van der Waals surface area contributed by atoms with Gasteiger partial charge in [0, 0.05) is 51.0 Å². The molecule has 2 aliphatic heterocycles. The Bertz CT molecular complexity index is 1570. The van der Waals surface area contributed by atoms with Crippen LogP contribution in [0.15, 0.2) is 18.5 Å². The van der Waals surface area contributed by atoms with Crippen molar-refractivity contribution in [1.82, 2.24) is 44.9 Å². The van der Waals surface area contributed by atoms with Crippen LogP contribution in [0.4, 0.5) is 22.0 Å². The molecule has 0 unspecified atom stereocenters. The van der Waals surface area contributed by atoms with Crippen molar-refractivity contribution in [1.29, 1.82) is 0 Å². The van der Waals surface area contributed by atoms with E-state index in [9.17, 15) is 31.5 Å². The first-order chi connectivity index (χ1) is 22.4. The molecular weight excluding hydrogens is 625 g/mol. The molecule has 256 valence electrons. The SMILES string of the molecule is CCn1nccc1C(=O)N[C@H](c1cn2nc(C[C@H]3C[C@@H](C(F)(F)F)CNC3=O)c(CN3CCCCC3)nc2n1)C1CCC(F)(F)CC1. The zero-order chi connectivity index (χ0) is 33.3. The van der Waals surface area contributed by atoms with Crippen molar-refractivity contribution in [2.24, 2.45) is 17.8 Å². The van der Waals surface area contributed by atoms with E-state index in [2.05, 4.69) is 20.6 Å². The van der Waals surface area contributed by atoms with Gasteiger partial charge in [0.05, 0.1) is 35.2 Å². The number of carbonyl (C=O) groups is 2. The Morgan fingerprint density at radius 3 is 2.57 bits per heavy atom. The zero-order valence-corrected chi connectivity index (χ0v) is 26.3. The highest BCUT2D eigenvalue weighted by atomic mass is 19.4. The van der Waals surface area contributed by atoms with Gasteiger partial charge in [-0.3, -0.25) is 19.2 Å². The van der Waals surface area contributed by atoms with Gasteiger partial charge in [-0.15, -0.1) is 0 Å². The van der Waals surface area contributed by atoms with Gasteiger partial charge in [-0.25, -0.2) is 23.3 Å². The van der Waals surface area contributed by atoms with Crippen LogP contribution in [-0.2, 0) is 24.3 Å². The maximum absolute atomic E-state index is 14.2. The lowest BCUT2D eigenvalue weighted by molar-refractivity contribution is -0.183. The summed E-state index contributed by atoms with van der Waals surface area (Å²) >= 11 is 0. The number of imidazole rings is 1. The summed E-state index contributed by atoms with van der Waals surface area (Å²) in [6.07, 6.45) is 1.13. The molecule has 0 radical (unpaired) electrons. The molecule has 1 aliphatic carbocycles. The fraction of sp³-hybridized carbons (Fsp3) is 0.677. The Balaban J connectivity index is 1.34. The summed E-state index contributed by atoms with van der Waals surface area (Å²) < 4.78 is 72.1. The normalized spacial score (nSPS) is 23.5. The number of nitrogens with zero attached hydrogens (tertiary/aromatic N) is 7. The molecule has 0 spiro atoms. The molecule has 2 saturated heterocycles. The van der Waals surface area contributed by atoms with Crippen molar-refractivity contribution in [3.05, 3.63) is 41.2 Å². The van der Waals surface area contributed by atoms with Crippen LogP contribution in [0.25, 0.3) is 5.78 Å². The van der Waals surface area contributed by atoms with Crippen molar-refractivity contribution in [3.63, 3.8) is 0 Å². The number of aromatic nitrogens is 6. The standard InChI is InChI=1S/C31H40F5N9O2/c1-2-44-25(8-11-38-44)28(47)41-26(19-6-9-30(32,33)10-7-19)24-18-45-29(40-24)39-23(17-43-12-4-3-5-13-43)22(42-45)15-20-14-21(31(34,35)36)16-37-27(20)46/h8,11,18-21,26H,2-7,9-10,12-17H2,1H3,(H,37,46)(H,41,47)/t20-,21-,26+/m1/s1. The molecule has 0 aromatic carbocycles. The second-order valence-electron chi connectivity index (χ2n) is 13.0. The van der Waals surface area contributed by atoms with Crippen LogP contribution in [0.3, 0.4) is 0 Å². The zero-order valence-electron chi connectivity index (χ0n) is 26.3. The molecule has 1 saturated carbocycles. The molecule has 47 heavy (non-hydrogen) atoms. The van der Waals surface area contributed by atoms with E-state index in [0.717, 1.165) is 32.4 Å². The van der Waals surface area contributed by atoms with Crippen LogP contribution in [0.5, 0.6) is 0 Å². The van der Waals surface area contributed by atoms with E-state index in [-0.39, 0.29) is 50.2 Å². The van der Waals surface area contributed by atoms with Crippen molar-refractivity contribution >= 4 is 17.6 Å². The summed E-state index contributed by atoms with van der Waals surface area (Å²) in [5.74, 6) is -6.35. The summed E-state index contributed by atoms with van der Waals surface area (Å²) in [5, 5.41) is 14.3. The number of carbonyl (C=O) groups excluding carboxylic acids is 2. The van der Waals surface area contributed by atoms with Gasteiger partial charge in [0.25, 0.3) is 11.7 Å². The van der Waals surface area contributed by atoms with Crippen LogP contribution >= 0.6 is 0 Å². The lowest BCUT2D eigenvalue weighted by atomic mass is 9.81. The van der Waals surface area contributed by atoms with E-state index in [0.29, 0.717) is 35.9 Å². The highest BCUT2D eigenvalue weighted by Gasteiger charge is 2.45.